The molecule has 0 bridgehead atoms. The van der Waals surface area contributed by atoms with Gasteiger partial charge >= 0.3 is 5.69 Å². The molecule has 16 heteroatoms. The summed E-state index contributed by atoms with van der Waals surface area (Å²) in [5.74, 6) is 0.270. The fourth-order valence-corrected chi connectivity index (χ4v) is 8.64. The lowest BCUT2D eigenvalue weighted by Gasteiger charge is -2.43. The first-order chi connectivity index (χ1) is 21.7. The Bertz CT molecular complexity index is 1680. The van der Waals surface area contributed by atoms with Crippen LogP contribution in [0.1, 0.15) is 73.6 Å². The van der Waals surface area contributed by atoms with Gasteiger partial charge in [0, 0.05) is 24.4 Å². The van der Waals surface area contributed by atoms with Gasteiger partial charge in [0.05, 0.1) is 30.1 Å². The molecule has 272 valence electrons. The highest BCUT2D eigenvalue weighted by molar-refractivity contribution is 7.90. The van der Waals surface area contributed by atoms with Gasteiger partial charge in [-0.05, 0) is 63.5 Å². The summed E-state index contributed by atoms with van der Waals surface area (Å²) in [6.07, 6.45) is -0.470. The van der Waals surface area contributed by atoms with E-state index in [0.29, 0.717) is 12.2 Å². The van der Waals surface area contributed by atoms with Gasteiger partial charge in [-0.3, -0.25) is 18.7 Å². The topological polar surface area (TPSA) is 167 Å². The molecule has 3 rings (SSSR count). The van der Waals surface area contributed by atoms with Crippen molar-refractivity contribution in [2.75, 3.05) is 13.2 Å². The highest BCUT2D eigenvalue weighted by Crippen LogP contribution is 2.52. The summed E-state index contributed by atoms with van der Waals surface area (Å²) in [7, 11) is -9.39. The van der Waals surface area contributed by atoms with Gasteiger partial charge in [-0.2, -0.15) is 8.42 Å². The van der Waals surface area contributed by atoms with Crippen molar-refractivity contribution < 1.29 is 35.7 Å². The lowest BCUT2D eigenvalue weighted by Crippen LogP contribution is -2.59. The second kappa shape index (κ2) is 13.8. The number of nitrogens with two attached hydrogens (primary N) is 1. The van der Waals surface area contributed by atoms with Crippen LogP contribution >= 0.6 is 0 Å². The molecular weight excluding hydrogens is 675 g/mol. The molecule has 1 fully saturated rings. The fourth-order valence-electron chi connectivity index (χ4n) is 5.14. The predicted molar refractivity (Wildman–Crippen MR) is 189 cm³/mol. The van der Waals surface area contributed by atoms with E-state index in [1.165, 1.54) is 23.8 Å². The monoisotopic (exact) mass is 729 g/mol. The molecule has 13 nitrogen and oxygen atoms in total. The number of carbonyl (C=O) groups excluding carboxylic acids is 1. The highest BCUT2D eigenvalue weighted by Gasteiger charge is 2.67. The number of nitrogens with zero attached hydrogens (tertiary/aromatic N) is 2. The van der Waals surface area contributed by atoms with Crippen LogP contribution in [-0.4, -0.2) is 71.0 Å². The van der Waals surface area contributed by atoms with E-state index in [1.54, 1.807) is 13.8 Å². The summed E-state index contributed by atoms with van der Waals surface area (Å²) in [6, 6.07) is 0. The Morgan fingerprint density at radius 2 is 1.65 bits per heavy atom. The van der Waals surface area contributed by atoms with E-state index in [9.17, 15) is 22.8 Å². The molecule has 2 aliphatic heterocycles. The molecule has 0 saturated carbocycles. The molecule has 1 unspecified atom stereocenters. The maximum Gasteiger partial charge on any atom is 0.333 e. The normalized spacial score (nSPS) is 25.1. The molecule has 1 saturated heterocycles. The number of carbonyl (C=O) groups is 1. The van der Waals surface area contributed by atoms with Crippen molar-refractivity contribution in [1.82, 2.24) is 9.13 Å². The maximum atomic E-state index is 14.2. The molecule has 48 heavy (non-hydrogen) atoms. The van der Waals surface area contributed by atoms with Crippen LogP contribution in [0.4, 0.5) is 0 Å². The van der Waals surface area contributed by atoms with Crippen LogP contribution in [-0.2, 0) is 44.0 Å². The number of ketones is 1. The standard InChI is InChI=1S/C32H55N3O10SSi2/c1-21-18-35(29(38)34(27(21)37)15-14-16-41-23(3)17-22(2)36)28-26(44-48(12,13)31(7,8)9)32(24(33)20-46(39,40)45-32)25(43-28)19-42-47(10,11)30(4,5)6/h17-18,20,25-26,28H,14-16,19,33H2,1-13H3/b23-17+/t25-,26+,28-,32?/m1/s1. The Kier molecular flexibility index (Phi) is 11.5. The largest absolute Gasteiger partial charge is 0.498 e. The Morgan fingerprint density at radius 1 is 1.06 bits per heavy atom. The summed E-state index contributed by atoms with van der Waals surface area (Å²) in [6.45, 7) is 25.2. The summed E-state index contributed by atoms with van der Waals surface area (Å²) >= 11 is 0. The summed E-state index contributed by atoms with van der Waals surface area (Å²) in [4.78, 5) is 38.8. The maximum absolute atomic E-state index is 14.2. The molecule has 1 aromatic rings. The number of aromatic nitrogens is 2. The van der Waals surface area contributed by atoms with E-state index in [0.717, 1.165) is 9.98 Å². The minimum atomic E-state index is -4.25. The van der Waals surface area contributed by atoms with Crippen LogP contribution in [0.3, 0.4) is 0 Å². The zero-order valence-corrected chi connectivity index (χ0v) is 33.6. The van der Waals surface area contributed by atoms with Gasteiger partial charge in [0.2, 0.25) is 0 Å². The Labute approximate surface area is 286 Å². The SMILES string of the molecule is CC(=O)/C=C(\C)OCCCn1c(=O)c(C)cn([C@@H]2O[C@H](CO[Si](C)(C)C(C)(C)C)C3(OS(=O)(=O)C=C3N)[C@H]2O[Si](C)(C)C(C)(C)C)c1=O. The molecule has 2 N–H and O–H groups in total. The van der Waals surface area contributed by atoms with E-state index in [1.807, 2.05) is 33.9 Å². The van der Waals surface area contributed by atoms with E-state index in [-0.39, 0.29) is 46.9 Å². The third-order valence-corrected chi connectivity index (χ3v) is 20.0. The first-order valence-corrected chi connectivity index (χ1v) is 23.5. The van der Waals surface area contributed by atoms with Crippen molar-refractivity contribution in [3.63, 3.8) is 0 Å². The summed E-state index contributed by atoms with van der Waals surface area (Å²) < 4.78 is 60.1. The van der Waals surface area contributed by atoms with Crippen LogP contribution in [0.2, 0.25) is 36.3 Å². The van der Waals surface area contributed by atoms with Gasteiger partial charge in [-0.1, -0.05) is 41.5 Å². The number of aryl methyl sites for hydroxylation is 1. The van der Waals surface area contributed by atoms with Crippen molar-refractivity contribution in [3.8, 4) is 0 Å². The summed E-state index contributed by atoms with van der Waals surface area (Å²) in [5.41, 5.74) is 3.71. The van der Waals surface area contributed by atoms with E-state index >= 15 is 0 Å². The van der Waals surface area contributed by atoms with Crippen LogP contribution in [0.5, 0.6) is 0 Å². The molecule has 0 amide bonds. The fraction of sp³-hybridized carbons (Fsp3) is 0.719. The van der Waals surface area contributed by atoms with E-state index in [2.05, 4.69) is 33.9 Å². The number of ether oxygens (including phenoxy) is 2. The van der Waals surface area contributed by atoms with Crippen molar-refractivity contribution in [2.45, 2.75) is 136 Å². The number of rotatable bonds is 12. The zero-order valence-electron chi connectivity index (χ0n) is 30.8. The van der Waals surface area contributed by atoms with Gasteiger partial charge in [-0.25, -0.2) is 8.98 Å². The van der Waals surface area contributed by atoms with Gasteiger partial charge in [-0.15, -0.1) is 0 Å². The molecule has 1 aromatic heterocycles. The van der Waals surface area contributed by atoms with Crippen molar-refractivity contribution >= 4 is 32.5 Å². The van der Waals surface area contributed by atoms with Gasteiger partial charge < -0.3 is 24.1 Å². The van der Waals surface area contributed by atoms with Gasteiger partial charge in [0.1, 0.15) is 12.2 Å². The number of hydrogen-bond acceptors (Lipinski definition) is 11. The van der Waals surface area contributed by atoms with Crippen LogP contribution in [0.15, 0.2) is 38.7 Å². The first-order valence-electron chi connectivity index (χ1n) is 16.2. The van der Waals surface area contributed by atoms with Crippen molar-refractivity contribution in [3.05, 3.63) is 55.5 Å². The average Bonchev–Trinajstić information content (AvgIpc) is 3.33. The lowest BCUT2D eigenvalue weighted by molar-refractivity contribution is -0.112. The Balaban J connectivity index is 2.19. The van der Waals surface area contributed by atoms with E-state index < -0.39 is 62.0 Å². The average molecular weight is 730 g/mol. The molecule has 2 aliphatic rings. The molecule has 3 heterocycles. The minimum absolute atomic E-state index is 0.0170. The molecule has 1 spiro atoms. The molecular formula is C32H55N3O10SSi2. The second-order valence-electron chi connectivity index (χ2n) is 15.9. The van der Waals surface area contributed by atoms with Crippen LogP contribution < -0.4 is 17.0 Å². The minimum Gasteiger partial charge on any atom is -0.498 e. The second-order valence-corrected chi connectivity index (χ2v) is 26.8. The molecule has 0 aromatic carbocycles. The number of allylic oxidation sites excluding steroid dienone is 2. The third kappa shape index (κ3) is 8.16. The third-order valence-electron chi connectivity index (χ3n) is 9.97. The lowest BCUT2D eigenvalue weighted by atomic mass is 9.89. The van der Waals surface area contributed by atoms with Gasteiger partial charge in [0.15, 0.2) is 34.2 Å². The van der Waals surface area contributed by atoms with Crippen LogP contribution in [0, 0.1) is 6.92 Å². The van der Waals surface area contributed by atoms with Crippen molar-refractivity contribution in [1.29, 1.82) is 0 Å². The van der Waals surface area contributed by atoms with E-state index in [4.69, 9.17) is 28.2 Å². The smallest absolute Gasteiger partial charge is 0.333 e. The quantitative estimate of drug-likeness (QED) is 0.106. The predicted octanol–water partition coefficient (Wildman–Crippen LogP) is 4.43. The molecule has 4 atom stereocenters. The summed E-state index contributed by atoms with van der Waals surface area (Å²) in [5, 5.41) is 0.365. The molecule has 0 radical (unpaired) electrons. The Hall–Kier alpha value is -2.35. The Morgan fingerprint density at radius 3 is 2.15 bits per heavy atom. The first kappa shape index (κ1) is 40.1. The number of hydrogen-bond donors (Lipinski definition) is 1. The van der Waals surface area contributed by atoms with Crippen LogP contribution in [0.25, 0.3) is 0 Å². The highest BCUT2D eigenvalue weighted by atomic mass is 32.2. The van der Waals surface area contributed by atoms with Crippen molar-refractivity contribution in [2.24, 2.45) is 5.73 Å². The molecule has 0 aliphatic carbocycles. The zero-order chi connectivity index (χ0) is 36.8. The van der Waals surface area contributed by atoms with Gasteiger partial charge in [0.25, 0.3) is 15.7 Å².